The molecule has 0 N–H and O–H groups in total. The molecule has 1 rings (SSSR count). The summed E-state index contributed by atoms with van der Waals surface area (Å²) in [6.07, 6.45) is 2.19. The molecule has 0 aliphatic carbocycles. The first kappa shape index (κ1) is 18.0. The minimum atomic E-state index is -1.45. The Bertz CT molecular complexity index is 544. The van der Waals surface area contributed by atoms with Crippen LogP contribution in [0.15, 0.2) is 16.7 Å². The van der Waals surface area contributed by atoms with E-state index in [4.69, 9.17) is 16.3 Å². The summed E-state index contributed by atoms with van der Waals surface area (Å²) in [7, 11) is -0.00109. The van der Waals surface area contributed by atoms with E-state index in [9.17, 15) is 8.60 Å². The molecule has 4 nitrogen and oxygen atoms in total. The molecule has 0 unspecified atom stereocenters. The second-order valence-corrected chi connectivity index (χ2v) is 7.69. The highest BCUT2D eigenvalue weighted by molar-refractivity contribution is 7.85. The molecule has 1 atom stereocenters. The van der Waals surface area contributed by atoms with E-state index in [-0.39, 0.29) is 5.88 Å². The van der Waals surface area contributed by atoms with Crippen LogP contribution in [-0.2, 0) is 11.0 Å². The van der Waals surface area contributed by atoms with Gasteiger partial charge in [-0.25, -0.2) is 13.6 Å². The van der Waals surface area contributed by atoms with Crippen molar-refractivity contribution in [2.45, 2.75) is 38.4 Å². The summed E-state index contributed by atoms with van der Waals surface area (Å²) in [5, 5.41) is 0. The van der Waals surface area contributed by atoms with Crippen molar-refractivity contribution < 1.29 is 13.3 Å². The SMILES string of the molecule is COc1ncc(F)cc1/C(CCCCl)=N\[S@](=O)C(C)(C)C. The third-order valence-corrected chi connectivity index (χ3v) is 4.29. The van der Waals surface area contributed by atoms with E-state index in [1.54, 1.807) is 0 Å². The largest absolute Gasteiger partial charge is 0.481 e. The lowest BCUT2D eigenvalue weighted by Crippen LogP contribution is -2.21. The maximum atomic E-state index is 13.5. The van der Waals surface area contributed by atoms with Gasteiger partial charge in [0, 0.05) is 5.88 Å². The molecule has 0 aliphatic rings. The molecule has 0 radical (unpaired) electrons. The number of rotatable bonds is 6. The molecule has 118 valence electrons. The van der Waals surface area contributed by atoms with Crippen molar-refractivity contribution in [3.63, 3.8) is 0 Å². The fourth-order valence-corrected chi connectivity index (χ4v) is 2.29. The summed E-state index contributed by atoms with van der Waals surface area (Å²) in [5.41, 5.74) is 0.910. The number of pyridine rings is 1. The Morgan fingerprint density at radius 2 is 2.19 bits per heavy atom. The fraction of sp³-hybridized carbons (Fsp3) is 0.571. The van der Waals surface area contributed by atoms with Crippen LogP contribution >= 0.6 is 11.6 Å². The number of hydrogen-bond acceptors (Lipinski definition) is 3. The lowest BCUT2D eigenvalue weighted by Gasteiger charge is -2.16. The van der Waals surface area contributed by atoms with E-state index in [1.165, 1.54) is 13.2 Å². The second-order valence-electron chi connectivity index (χ2n) is 5.40. The molecule has 0 fully saturated rings. The quantitative estimate of drug-likeness (QED) is 0.591. The predicted molar refractivity (Wildman–Crippen MR) is 85.1 cm³/mol. The smallest absolute Gasteiger partial charge is 0.222 e. The van der Waals surface area contributed by atoms with Crippen molar-refractivity contribution in [1.82, 2.24) is 4.98 Å². The number of halogens is 2. The van der Waals surface area contributed by atoms with Gasteiger partial charge in [0.2, 0.25) is 5.88 Å². The van der Waals surface area contributed by atoms with Crippen LogP contribution in [0.2, 0.25) is 0 Å². The molecule has 0 aromatic carbocycles. The van der Waals surface area contributed by atoms with Crippen LogP contribution in [-0.4, -0.2) is 32.6 Å². The maximum absolute atomic E-state index is 13.5. The zero-order valence-corrected chi connectivity index (χ0v) is 14.2. The van der Waals surface area contributed by atoms with Crippen molar-refractivity contribution in [2.75, 3.05) is 13.0 Å². The fourth-order valence-electron chi connectivity index (χ4n) is 1.50. The van der Waals surface area contributed by atoms with Crippen LogP contribution in [0.25, 0.3) is 0 Å². The van der Waals surface area contributed by atoms with Gasteiger partial charge in [-0.1, -0.05) is 0 Å². The highest BCUT2D eigenvalue weighted by Crippen LogP contribution is 2.22. The van der Waals surface area contributed by atoms with Crippen LogP contribution in [0, 0.1) is 5.82 Å². The monoisotopic (exact) mass is 334 g/mol. The summed E-state index contributed by atoms with van der Waals surface area (Å²) < 4.78 is 34.6. The van der Waals surface area contributed by atoms with Crippen molar-refractivity contribution in [2.24, 2.45) is 4.40 Å². The van der Waals surface area contributed by atoms with Crippen LogP contribution in [0.1, 0.15) is 39.2 Å². The first-order valence-electron chi connectivity index (χ1n) is 6.55. The Labute approximate surface area is 132 Å². The first-order valence-corrected chi connectivity index (χ1v) is 8.19. The zero-order valence-electron chi connectivity index (χ0n) is 12.7. The van der Waals surface area contributed by atoms with Gasteiger partial charge in [-0.3, -0.25) is 0 Å². The third-order valence-electron chi connectivity index (χ3n) is 2.59. The van der Waals surface area contributed by atoms with Gasteiger partial charge in [0.15, 0.2) is 0 Å². The number of alkyl halides is 1. The molecular weight excluding hydrogens is 315 g/mol. The summed E-state index contributed by atoms with van der Waals surface area (Å²) in [4.78, 5) is 3.89. The predicted octanol–water partition coefficient (Wildman–Crippen LogP) is 3.50. The highest BCUT2D eigenvalue weighted by atomic mass is 35.5. The molecule has 1 heterocycles. The van der Waals surface area contributed by atoms with Crippen LogP contribution in [0.4, 0.5) is 4.39 Å². The lowest BCUT2D eigenvalue weighted by molar-refractivity contribution is 0.394. The molecule has 0 aliphatic heterocycles. The summed E-state index contributed by atoms with van der Waals surface area (Å²) >= 11 is 5.71. The molecule has 0 spiro atoms. The number of methoxy groups -OCH3 is 1. The molecule has 1 aromatic rings. The van der Waals surface area contributed by atoms with E-state index >= 15 is 0 Å². The molecule has 1 aromatic heterocycles. The van der Waals surface area contributed by atoms with Gasteiger partial charge in [0.1, 0.15) is 16.8 Å². The Morgan fingerprint density at radius 1 is 1.52 bits per heavy atom. The molecule has 0 bridgehead atoms. The minimum absolute atomic E-state index is 0.260. The van der Waals surface area contributed by atoms with E-state index in [0.717, 1.165) is 6.20 Å². The number of ether oxygens (including phenoxy) is 1. The summed E-state index contributed by atoms with van der Waals surface area (Å²) in [6.45, 7) is 5.48. The van der Waals surface area contributed by atoms with Crippen molar-refractivity contribution in [3.8, 4) is 5.88 Å². The molecule has 0 amide bonds. The Kier molecular flexibility index (Phi) is 6.74. The summed E-state index contributed by atoms with van der Waals surface area (Å²) in [5.74, 6) is 0.202. The van der Waals surface area contributed by atoms with E-state index < -0.39 is 21.5 Å². The second kappa shape index (κ2) is 7.84. The minimum Gasteiger partial charge on any atom is -0.481 e. The standard InChI is InChI=1S/C14H20ClFN2O2S/c1-14(2,3)21(19)18-12(6-5-7-15)11-8-10(16)9-17-13(11)20-4/h8-9H,5-7H2,1-4H3/b18-12-/t21-/m1/s1. The summed E-state index contributed by atoms with van der Waals surface area (Å²) in [6, 6.07) is 1.29. The topological polar surface area (TPSA) is 51.6 Å². The Balaban J connectivity index is 3.28. The van der Waals surface area contributed by atoms with Crippen molar-refractivity contribution >= 4 is 28.3 Å². The zero-order chi connectivity index (χ0) is 16.0. The van der Waals surface area contributed by atoms with Gasteiger partial charge in [0.05, 0.1) is 29.3 Å². The van der Waals surface area contributed by atoms with Gasteiger partial charge < -0.3 is 4.74 Å². The van der Waals surface area contributed by atoms with Gasteiger partial charge in [-0.05, 0) is 39.7 Å². The number of aromatic nitrogens is 1. The Morgan fingerprint density at radius 3 is 2.71 bits per heavy atom. The molecule has 0 saturated heterocycles. The van der Waals surface area contributed by atoms with E-state index in [2.05, 4.69) is 9.38 Å². The van der Waals surface area contributed by atoms with Gasteiger partial charge in [-0.15, -0.1) is 11.6 Å². The molecule has 7 heteroatoms. The van der Waals surface area contributed by atoms with Crippen LogP contribution < -0.4 is 4.74 Å². The van der Waals surface area contributed by atoms with E-state index in [0.29, 0.717) is 30.0 Å². The molecular formula is C14H20ClFN2O2S. The maximum Gasteiger partial charge on any atom is 0.222 e. The first-order chi connectivity index (χ1) is 9.79. The van der Waals surface area contributed by atoms with Crippen LogP contribution in [0.3, 0.4) is 0 Å². The molecule has 0 saturated carbocycles. The third kappa shape index (κ3) is 5.36. The van der Waals surface area contributed by atoms with Crippen molar-refractivity contribution in [1.29, 1.82) is 0 Å². The Hall–Kier alpha value is -1.01. The normalized spacial score (nSPS) is 14.1. The van der Waals surface area contributed by atoms with E-state index in [1.807, 2.05) is 20.8 Å². The lowest BCUT2D eigenvalue weighted by atomic mass is 10.1. The van der Waals surface area contributed by atoms with Gasteiger partial charge in [-0.2, -0.15) is 4.40 Å². The van der Waals surface area contributed by atoms with Crippen LogP contribution in [0.5, 0.6) is 5.88 Å². The van der Waals surface area contributed by atoms with Crippen molar-refractivity contribution in [3.05, 3.63) is 23.6 Å². The van der Waals surface area contributed by atoms with Gasteiger partial charge >= 0.3 is 0 Å². The highest BCUT2D eigenvalue weighted by Gasteiger charge is 2.21. The number of nitrogens with zero attached hydrogens (tertiary/aromatic N) is 2. The average Bonchev–Trinajstić information content (AvgIpc) is 2.42. The average molecular weight is 335 g/mol. The van der Waals surface area contributed by atoms with Gasteiger partial charge in [0.25, 0.3) is 0 Å². The number of hydrogen-bond donors (Lipinski definition) is 0. The molecule has 21 heavy (non-hydrogen) atoms.